The van der Waals surface area contributed by atoms with E-state index in [1.54, 1.807) is 23.8 Å². The smallest absolute Gasteiger partial charge is 0.142 e. The maximum Gasteiger partial charge on any atom is 0.142 e. The van der Waals surface area contributed by atoms with E-state index < -0.39 is 0 Å². The standard InChI is InChI=1S/C12H9Cl2NOS/c13-11-2-1-8(4-12(11)14)3-9(16)5-10-6-15-7-17-10/h1-2,4,6-7H,3,5H2. The van der Waals surface area contributed by atoms with Gasteiger partial charge in [0.25, 0.3) is 0 Å². The third-order valence-electron chi connectivity index (χ3n) is 2.24. The molecule has 5 heteroatoms. The number of aromatic nitrogens is 1. The molecule has 0 radical (unpaired) electrons. The second kappa shape index (κ2) is 5.63. The third-order valence-corrected chi connectivity index (χ3v) is 3.76. The molecule has 1 aromatic carbocycles. The number of carbonyl (C=O) groups excluding carboxylic acids is 1. The predicted molar refractivity (Wildman–Crippen MR) is 71.0 cm³/mol. The summed E-state index contributed by atoms with van der Waals surface area (Å²) in [5.41, 5.74) is 2.61. The van der Waals surface area contributed by atoms with Crippen LogP contribution < -0.4 is 0 Å². The Bertz CT molecular complexity index is 525. The van der Waals surface area contributed by atoms with E-state index in [9.17, 15) is 4.79 Å². The van der Waals surface area contributed by atoms with Crippen molar-refractivity contribution in [1.82, 2.24) is 4.98 Å². The molecular formula is C12H9Cl2NOS. The third kappa shape index (κ3) is 3.53. The molecule has 0 aliphatic carbocycles. The number of nitrogens with zero attached hydrogens (tertiary/aromatic N) is 1. The first-order valence-electron chi connectivity index (χ1n) is 4.98. The maximum atomic E-state index is 11.8. The van der Waals surface area contributed by atoms with Gasteiger partial charge >= 0.3 is 0 Å². The van der Waals surface area contributed by atoms with Gasteiger partial charge in [-0.3, -0.25) is 9.78 Å². The Kier molecular flexibility index (Phi) is 4.15. The van der Waals surface area contributed by atoms with Gasteiger partial charge in [0.2, 0.25) is 0 Å². The van der Waals surface area contributed by atoms with Crippen LogP contribution in [-0.2, 0) is 17.6 Å². The number of rotatable bonds is 4. The number of hydrogen-bond donors (Lipinski definition) is 0. The average Bonchev–Trinajstić information content (AvgIpc) is 2.76. The number of thiazole rings is 1. The number of Topliss-reactive ketones (excluding diaryl/α,β-unsaturated/α-hetero) is 1. The monoisotopic (exact) mass is 285 g/mol. The van der Waals surface area contributed by atoms with Crippen LogP contribution in [0.3, 0.4) is 0 Å². The number of hydrogen-bond acceptors (Lipinski definition) is 3. The molecule has 0 unspecified atom stereocenters. The normalized spacial score (nSPS) is 10.5. The van der Waals surface area contributed by atoms with E-state index >= 15 is 0 Å². The minimum atomic E-state index is 0.146. The highest BCUT2D eigenvalue weighted by atomic mass is 35.5. The molecule has 0 fully saturated rings. The molecule has 0 aliphatic heterocycles. The first-order valence-corrected chi connectivity index (χ1v) is 6.61. The average molecular weight is 286 g/mol. The second-order valence-electron chi connectivity index (χ2n) is 3.61. The fourth-order valence-corrected chi connectivity index (χ4v) is 2.41. The van der Waals surface area contributed by atoms with Gasteiger partial charge in [-0.1, -0.05) is 29.3 Å². The molecule has 0 spiro atoms. The van der Waals surface area contributed by atoms with E-state index in [4.69, 9.17) is 23.2 Å². The lowest BCUT2D eigenvalue weighted by Crippen LogP contribution is -2.05. The Labute approximate surface area is 113 Å². The SMILES string of the molecule is O=C(Cc1ccc(Cl)c(Cl)c1)Cc1cncs1. The molecule has 2 aromatic rings. The van der Waals surface area contributed by atoms with E-state index in [1.165, 1.54) is 11.3 Å². The van der Waals surface area contributed by atoms with E-state index in [0.29, 0.717) is 22.9 Å². The summed E-state index contributed by atoms with van der Waals surface area (Å²) < 4.78 is 0. The topological polar surface area (TPSA) is 30.0 Å². The largest absolute Gasteiger partial charge is 0.299 e. The number of benzene rings is 1. The van der Waals surface area contributed by atoms with E-state index in [-0.39, 0.29) is 5.78 Å². The van der Waals surface area contributed by atoms with Gasteiger partial charge in [0.15, 0.2) is 0 Å². The fourth-order valence-electron chi connectivity index (χ4n) is 1.46. The van der Waals surface area contributed by atoms with Gasteiger partial charge in [-0.05, 0) is 17.7 Å². The van der Waals surface area contributed by atoms with Gasteiger partial charge in [-0.15, -0.1) is 11.3 Å². The summed E-state index contributed by atoms with van der Waals surface area (Å²) in [5, 5.41) is 0.986. The van der Waals surface area contributed by atoms with Crippen molar-refractivity contribution in [1.29, 1.82) is 0 Å². The van der Waals surface area contributed by atoms with Gasteiger partial charge in [-0.25, -0.2) is 0 Å². The Hall–Kier alpha value is -0.900. The van der Waals surface area contributed by atoms with Gasteiger partial charge in [0.05, 0.1) is 15.6 Å². The molecule has 0 bridgehead atoms. The summed E-state index contributed by atoms with van der Waals surface area (Å²) in [4.78, 5) is 16.7. The van der Waals surface area contributed by atoms with Crippen molar-refractivity contribution in [2.75, 3.05) is 0 Å². The lowest BCUT2D eigenvalue weighted by molar-refractivity contribution is -0.117. The minimum absolute atomic E-state index is 0.146. The van der Waals surface area contributed by atoms with Crippen molar-refractivity contribution in [3.05, 3.63) is 50.4 Å². The van der Waals surface area contributed by atoms with Crippen LogP contribution in [0.15, 0.2) is 29.9 Å². The molecule has 0 saturated carbocycles. The Morgan fingerprint density at radius 2 is 2.06 bits per heavy atom. The van der Waals surface area contributed by atoms with E-state index in [2.05, 4.69) is 4.98 Å². The lowest BCUT2D eigenvalue weighted by atomic mass is 10.1. The molecule has 17 heavy (non-hydrogen) atoms. The molecule has 1 aromatic heterocycles. The highest BCUT2D eigenvalue weighted by molar-refractivity contribution is 7.09. The highest BCUT2D eigenvalue weighted by Crippen LogP contribution is 2.23. The van der Waals surface area contributed by atoms with E-state index in [0.717, 1.165) is 10.4 Å². The quantitative estimate of drug-likeness (QED) is 0.855. The first-order chi connectivity index (χ1) is 8.15. The fraction of sp³-hybridized carbons (Fsp3) is 0.167. The van der Waals surface area contributed by atoms with Gasteiger partial charge in [0, 0.05) is 23.9 Å². The summed E-state index contributed by atoms with van der Waals surface area (Å²) >= 11 is 13.2. The zero-order valence-corrected chi connectivity index (χ0v) is 11.1. The molecule has 88 valence electrons. The second-order valence-corrected chi connectivity index (χ2v) is 5.39. The van der Waals surface area contributed by atoms with Gasteiger partial charge in [0.1, 0.15) is 5.78 Å². The van der Waals surface area contributed by atoms with Crippen LogP contribution in [0.25, 0.3) is 0 Å². The number of carbonyl (C=O) groups is 1. The molecule has 0 N–H and O–H groups in total. The van der Waals surface area contributed by atoms with Crippen LogP contribution >= 0.6 is 34.5 Å². The lowest BCUT2D eigenvalue weighted by Gasteiger charge is -2.02. The van der Waals surface area contributed by atoms with E-state index in [1.807, 2.05) is 6.07 Å². The number of ketones is 1. The van der Waals surface area contributed by atoms with Crippen LogP contribution in [0.4, 0.5) is 0 Å². The molecular weight excluding hydrogens is 277 g/mol. The molecule has 1 heterocycles. The minimum Gasteiger partial charge on any atom is -0.299 e. The predicted octanol–water partition coefficient (Wildman–Crippen LogP) is 3.80. The Morgan fingerprint density at radius 1 is 1.24 bits per heavy atom. The highest BCUT2D eigenvalue weighted by Gasteiger charge is 2.07. The van der Waals surface area contributed by atoms with Crippen LogP contribution in [0, 0.1) is 0 Å². The summed E-state index contributed by atoms with van der Waals surface area (Å²) in [6, 6.07) is 5.26. The van der Waals surface area contributed by atoms with Crippen LogP contribution in [0.2, 0.25) is 10.0 Å². The number of halogens is 2. The zero-order chi connectivity index (χ0) is 12.3. The van der Waals surface area contributed by atoms with Gasteiger partial charge < -0.3 is 0 Å². The summed E-state index contributed by atoms with van der Waals surface area (Å²) in [6.07, 6.45) is 2.51. The van der Waals surface area contributed by atoms with Crippen molar-refractivity contribution in [3.63, 3.8) is 0 Å². The maximum absolute atomic E-state index is 11.8. The molecule has 0 amide bonds. The van der Waals surface area contributed by atoms with Gasteiger partial charge in [-0.2, -0.15) is 0 Å². The van der Waals surface area contributed by atoms with Crippen molar-refractivity contribution in [2.45, 2.75) is 12.8 Å². The van der Waals surface area contributed by atoms with Crippen molar-refractivity contribution in [3.8, 4) is 0 Å². The molecule has 0 atom stereocenters. The molecule has 2 nitrogen and oxygen atoms in total. The van der Waals surface area contributed by atoms with Crippen LogP contribution in [-0.4, -0.2) is 10.8 Å². The molecule has 0 aliphatic rings. The van der Waals surface area contributed by atoms with Crippen molar-refractivity contribution >= 4 is 40.3 Å². The van der Waals surface area contributed by atoms with Crippen LogP contribution in [0.5, 0.6) is 0 Å². The summed E-state index contributed by atoms with van der Waals surface area (Å²) in [5.74, 6) is 0.146. The molecule has 2 rings (SSSR count). The van der Waals surface area contributed by atoms with Crippen molar-refractivity contribution < 1.29 is 4.79 Å². The molecule has 0 saturated heterocycles. The van der Waals surface area contributed by atoms with Crippen molar-refractivity contribution in [2.24, 2.45) is 0 Å². The van der Waals surface area contributed by atoms with Crippen LogP contribution in [0.1, 0.15) is 10.4 Å². The zero-order valence-electron chi connectivity index (χ0n) is 8.82. The summed E-state index contributed by atoms with van der Waals surface area (Å²) in [7, 11) is 0. The Balaban J connectivity index is 2.00. The summed E-state index contributed by atoms with van der Waals surface area (Å²) in [6.45, 7) is 0. The first kappa shape index (κ1) is 12.6. The Morgan fingerprint density at radius 3 is 2.71 bits per heavy atom.